The summed E-state index contributed by atoms with van der Waals surface area (Å²) < 4.78 is 28.3. The fraction of sp³-hybridized carbons (Fsp3) is 0.471. The Bertz CT molecular complexity index is 668. The van der Waals surface area contributed by atoms with Gasteiger partial charge in [-0.3, -0.25) is 4.79 Å². The van der Waals surface area contributed by atoms with Crippen LogP contribution in [0.5, 0.6) is 0 Å². The highest BCUT2D eigenvalue weighted by Gasteiger charge is 2.33. The normalized spacial score (nSPS) is 16.1. The van der Waals surface area contributed by atoms with Gasteiger partial charge in [0.05, 0.1) is 11.4 Å². The summed E-state index contributed by atoms with van der Waals surface area (Å²) in [5.74, 6) is -0.304. The number of sulfonamides is 1. The molecule has 1 N–H and O–H groups in total. The number of carbonyl (C=O) groups excluding carboxylic acids is 1. The van der Waals surface area contributed by atoms with Gasteiger partial charge in [-0.15, -0.1) is 6.58 Å². The zero-order valence-electron chi connectivity index (χ0n) is 13.6. The van der Waals surface area contributed by atoms with E-state index in [9.17, 15) is 13.2 Å². The van der Waals surface area contributed by atoms with Crippen LogP contribution in [-0.4, -0.2) is 37.8 Å². The lowest BCUT2D eigenvalue weighted by Crippen LogP contribution is -2.47. The molecule has 0 aliphatic heterocycles. The van der Waals surface area contributed by atoms with Crippen molar-refractivity contribution >= 4 is 31.9 Å². The second-order valence-corrected chi connectivity index (χ2v) is 8.69. The van der Waals surface area contributed by atoms with Gasteiger partial charge in [-0.1, -0.05) is 41.3 Å². The van der Waals surface area contributed by atoms with Gasteiger partial charge in [-0.2, -0.15) is 4.31 Å². The second kappa shape index (κ2) is 8.78. The third kappa shape index (κ3) is 4.91. The highest BCUT2D eigenvalue weighted by molar-refractivity contribution is 9.10. The van der Waals surface area contributed by atoms with Crippen LogP contribution in [0.2, 0.25) is 0 Å². The highest BCUT2D eigenvalue weighted by Crippen LogP contribution is 2.28. The topological polar surface area (TPSA) is 66.5 Å². The minimum Gasteiger partial charge on any atom is -0.351 e. The molecule has 7 heteroatoms. The van der Waals surface area contributed by atoms with E-state index in [2.05, 4.69) is 27.8 Å². The Morgan fingerprint density at radius 3 is 2.46 bits per heavy atom. The molecule has 2 rings (SSSR count). The van der Waals surface area contributed by atoms with Crippen molar-refractivity contribution in [1.82, 2.24) is 9.62 Å². The van der Waals surface area contributed by atoms with Crippen molar-refractivity contribution in [3.63, 3.8) is 0 Å². The molecule has 0 atom stereocenters. The first-order valence-corrected chi connectivity index (χ1v) is 10.3. The van der Waals surface area contributed by atoms with Crippen molar-refractivity contribution in [2.24, 2.45) is 0 Å². The maximum Gasteiger partial charge on any atom is 0.243 e. The number of amides is 1. The molecule has 1 saturated carbocycles. The molecular weight excluding hydrogens is 392 g/mol. The molecule has 132 valence electrons. The quantitative estimate of drug-likeness (QED) is 0.697. The number of halogens is 1. The fourth-order valence-corrected chi connectivity index (χ4v) is 4.81. The number of hydrogen-bond donors (Lipinski definition) is 1. The zero-order chi connectivity index (χ0) is 17.6. The molecule has 24 heavy (non-hydrogen) atoms. The van der Waals surface area contributed by atoms with Crippen LogP contribution in [0, 0.1) is 0 Å². The van der Waals surface area contributed by atoms with Gasteiger partial charge in [0.25, 0.3) is 0 Å². The van der Waals surface area contributed by atoms with Crippen LogP contribution in [0.3, 0.4) is 0 Å². The van der Waals surface area contributed by atoms with Gasteiger partial charge in [0.15, 0.2) is 0 Å². The molecule has 0 bridgehead atoms. The molecule has 1 fully saturated rings. The predicted molar refractivity (Wildman–Crippen MR) is 98.1 cm³/mol. The fourth-order valence-electron chi connectivity index (χ4n) is 2.90. The Labute approximate surface area is 152 Å². The summed E-state index contributed by atoms with van der Waals surface area (Å²) in [4.78, 5) is 12.3. The summed E-state index contributed by atoms with van der Waals surface area (Å²) in [6.07, 6.45) is 6.27. The Balaban J connectivity index is 2.27. The van der Waals surface area contributed by atoms with Crippen LogP contribution in [0.25, 0.3) is 0 Å². The van der Waals surface area contributed by atoms with E-state index in [0.29, 0.717) is 6.54 Å². The van der Waals surface area contributed by atoms with Crippen LogP contribution in [0.15, 0.2) is 46.3 Å². The van der Waals surface area contributed by atoms with Gasteiger partial charge in [0.2, 0.25) is 15.9 Å². The van der Waals surface area contributed by atoms with Crippen molar-refractivity contribution < 1.29 is 13.2 Å². The summed E-state index contributed by atoms with van der Waals surface area (Å²) in [6.45, 7) is 3.73. The van der Waals surface area contributed by atoms with Crippen LogP contribution in [0.4, 0.5) is 0 Å². The number of nitrogens with zero attached hydrogens (tertiary/aromatic N) is 1. The first kappa shape index (κ1) is 19.1. The first-order valence-electron chi connectivity index (χ1n) is 8.10. The van der Waals surface area contributed by atoms with Crippen molar-refractivity contribution in [3.8, 4) is 0 Å². The Morgan fingerprint density at radius 2 is 1.88 bits per heavy atom. The van der Waals surface area contributed by atoms with Crippen LogP contribution in [-0.2, 0) is 14.8 Å². The van der Waals surface area contributed by atoms with E-state index in [1.807, 2.05) is 0 Å². The number of nitrogens with one attached hydrogen (secondary N) is 1. The molecule has 5 nitrogen and oxygen atoms in total. The van der Waals surface area contributed by atoms with Gasteiger partial charge in [0.1, 0.15) is 0 Å². The molecule has 0 spiro atoms. The van der Waals surface area contributed by atoms with Crippen molar-refractivity contribution in [1.29, 1.82) is 0 Å². The average molecular weight is 415 g/mol. The largest absolute Gasteiger partial charge is 0.351 e. The summed E-state index contributed by atoms with van der Waals surface area (Å²) in [5.41, 5.74) is 0. The van der Waals surface area contributed by atoms with E-state index in [1.54, 1.807) is 30.3 Å². The van der Waals surface area contributed by atoms with Crippen molar-refractivity contribution in [2.75, 3.05) is 13.1 Å². The van der Waals surface area contributed by atoms with Gasteiger partial charge >= 0.3 is 0 Å². The van der Waals surface area contributed by atoms with E-state index in [-0.39, 0.29) is 23.4 Å². The lowest BCUT2D eigenvalue weighted by Gasteiger charge is -2.33. The van der Waals surface area contributed by atoms with E-state index in [0.717, 1.165) is 36.6 Å². The van der Waals surface area contributed by atoms with E-state index < -0.39 is 10.0 Å². The maximum atomic E-state index is 13.1. The van der Waals surface area contributed by atoms with Crippen LogP contribution >= 0.6 is 15.9 Å². The van der Waals surface area contributed by atoms with E-state index in [4.69, 9.17) is 0 Å². The standard InChI is InChI=1S/C17H23BrN2O3S/c1-2-12-19-17(21)13-20(15-6-4-3-5-7-15)24(22,23)16-10-8-14(18)9-11-16/h2,8-11,15H,1,3-7,12-13H2,(H,19,21). The number of carbonyl (C=O) groups is 1. The van der Waals surface area contributed by atoms with Gasteiger partial charge < -0.3 is 5.32 Å². The summed E-state index contributed by atoms with van der Waals surface area (Å²) in [6, 6.07) is 6.41. The van der Waals surface area contributed by atoms with Crippen molar-refractivity contribution in [2.45, 2.75) is 43.0 Å². The molecule has 1 aromatic rings. The minimum atomic E-state index is -3.71. The lowest BCUT2D eigenvalue weighted by atomic mass is 9.95. The third-order valence-corrected chi connectivity index (χ3v) is 6.59. The smallest absolute Gasteiger partial charge is 0.243 e. The molecular formula is C17H23BrN2O3S. The van der Waals surface area contributed by atoms with Gasteiger partial charge in [-0.05, 0) is 37.1 Å². The monoisotopic (exact) mass is 414 g/mol. The van der Waals surface area contributed by atoms with Crippen molar-refractivity contribution in [3.05, 3.63) is 41.4 Å². The molecule has 1 aliphatic carbocycles. The molecule has 0 heterocycles. The SMILES string of the molecule is C=CCNC(=O)CN(C1CCCCC1)S(=O)(=O)c1ccc(Br)cc1. The summed E-state index contributed by atoms with van der Waals surface area (Å²) in [7, 11) is -3.71. The zero-order valence-corrected chi connectivity index (χ0v) is 16.0. The summed E-state index contributed by atoms with van der Waals surface area (Å²) >= 11 is 3.31. The predicted octanol–water partition coefficient (Wildman–Crippen LogP) is 3.07. The molecule has 1 aliphatic rings. The highest BCUT2D eigenvalue weighted by atomic mass is 79.9. The van der Waals surface area contributed by atoms with Gasteiger partial charge in [0, 0.05) is 17.1 Å². The second-order valence-electron chi connectivity index (χ2n) is 5.89. The van der Waals surface area contributed by atoms with Crippen LogP contribution in [0.1, 0.15) is 32.1 Å². The Kier molecular flexibility index (Phi) is 7.01. The molecule has 0 saturated heterocycles. The van der Waals surface area contributed by atoms with Crippen LogP contribution < -0.4 is 5.32 Å². The lowest BCUT2D eigenvalue weighted by molar-refractivity contribution is -0.121. The number of rotatable bonds is 7. The maximum absolute atomic E-state index is 13.1. The average Bonchev–Trinajstić information content (AvgIpc) is 2.59. The first-order chi connectivity index (χ1) is 11.4. The molecule has 0 aromatic heterocycles. The number of hydrogen-bond acceptors (Lipinski definition) is 3. The minimum absolute atomic E-state index is 0.123. The molecule has 0 radical (unpaired) electrons. The Morgan fingerprint density at radius 1 is 1.25 bits per heavy atom. The third-order valence-electron chi connectivity index (χ3n) is 4.15. The van der Waals surface area contributed by atoms with Gasteiger partial charge in [-0.25, -0.2) is 8.42 Å². The van der Waals surface area contributed by atoms with E-state index >= 15 is 0 Å². The summed E-state index contributed by atoms with van der Waals surface area (Å²) in [5, 5.41) is 2.66. The number of benzene rings is 1. The molecule has 1 aromatic carbocycles. The molecule has 0 unspecified atom stereocenters. The van der Waals surface area contributed by atoms with E-state index in [1.165, 1.54) is 4.31 Å². The molecule has 1 amide bonds. The Hall–Kier alpha value is -1.18.